The van der Waals surface area contributed by atoms with Crippen molar-refractivity contribution in [2.75, 3.05) is 13.8 Å². The number of hydrogen-bond donors (Lipinski definition) is 0. The molecule has 2 rings (SSSR count). The molecule has 4 heteroatoms. The number of para-hydroxylation sites is 1. The summed E-state index contributed by atoms with van der Waals surface area (Å²) in [5.41, 5.74) is 0.367. The Morgan fingerprint density at radius 1 is 1.46 bits per heavy atom. The Hall–Kier alpha value is -1.39. The van der Waals surface area contributed by atoms with Crippen molar-refractivity contribution in [2.24, 2.45) is 0 Å². The maximum absolute atomic E-state index is 11.5. The van der Waals surface area contributed by atoms with Gasteiger partial charge in [0.25, 0.3) is 0 Å². The first-order valence-electron chi connectivity index (χ1n) is 3.94. The van der Waals surface area contributed by atoms with Crippen LogP contribution in [0.15, 0.2) is 24.3 Å². The van der Waals surface area contributed by atoms with E-state index in [0.29, 0.717) is 11.3 Å². The predicted octanol–water partition coefficient (Wildman–Crippen LogP) is 1.12. The third kappa shape index (κ3) is 1.20. The molecule has 1 atom stereocenters. The van der Waals surface area contributed by atoms with Gasteiger partial charge in [-0.05, 0) is 12.1 Å². The molecule has 0 saturated heterocycles. The van der Waals surface area contributed by atoms with Crippen LogP contribution < -0.4 is 4.74 Å². The van der Waals surface area contributed by atoms with Crippen LogP contribution in [0.25, 0.3) is 0 Å². The van der Waals surface area contributed by atoms with Gasteiger partial charge in [-0.2, -0.15) is 0 Å². The van der Waals surface area contributed by atoms with Crippen molar-refractivity contribution in [2.45, 2.75) is 0 Å². The van der Waals surface area contributed by atoms with E-state index in [1.807, 2.05) is 0 Å². The molecule has 0 spiro atoms. The number of hydrogen-bond acceptors (Lipinski definition) is 3. The molecule has 13 heavy (non-hydrogen) atoms. The van der Waals surface area contributed by atoms with E-state index in [9.17, 15) is 10.0 Å². The predicted molar refractivity (Wildman–Crippen MR) is 45.8 cm³/mol. The third-order valence-electron chi connectivity index (χ3n) is 2.01. The highest BCUT2D eigenvalue weighted by Crippen LogP contribution is 2.26. The van der Waals surface area contributed by atoms with Crippen LogP contribution in [0.5, 0.6) is 5.75 Å². The Morgan fingerprint density at radius 3 is 2.92 bits per heavy atom. The second-order valence-electron chi connectivity index (χ2n) is 3.18. The summed E-state index contributed by atoms with van der Waals surface area (Å²) >= 11 is 0. The molecule has 1 amide bonds. The number of quaternary nitrogens is 1. The van der Waals surface area contributed by atoms with Crippen LogP contribution in [0.4, 0.5) is 0 Å². The summed E-state index contributed by atoms with van der Waals surface area (Å²) in [5.74, 6) is 0.0563. The Bertz CT molecular complexity index is 360. The molecule has 1 aliphatic heterocycles. The Morgan fingerprint density at radius 2 is 2.15 bits per heavy atom. The number of rotatable bonds is 0. The van der Waals surface area contributed by atoms with Gasteiger partial charge in [-0.1, -0.05) is 12.1 Å². The molecule has 1 unspecified atom stereocenters. The molecule has 0 N–H and O–H groups in total. The Balaban J connectivity index is 2.52. The number of hydroxylamine groups is 3. The molecule has 1 aliphatic rings. The molecule has 1 heterocycles. The van der Waals surface area contributed by atoms with E-state index in [2.05, 4.69) is 0 Å². The van der Waals surface area contributed by atoms with Crippen molar-refractivity contribution in [3.05, 3.63) is 35.0 Å². The fourth-order valence-electron chi connectivity index (χ4n) is 1.28. The fraction of sp³-hybridized carbons (Fsp3) is 0.222. The van der Waals surface area contributed by atoms with Gasteiger partial charge in [0.1, 0.15) is 11.3 Å². The largest absolute Gasteiger partial charge is 0.623 e. The number of amides is 1. The summed E-state index contributed by atoms with van der Waals surface area (Å²) in [7, 11) is 1.29. The summed E-state index contributed by atoms with van der Waals surface area (Å²) in [6.45, 7) is -0.143. The van der Waals surface area contributed by atoms with Crippen molar-refractivity contribution in [3.8, 4) is 5.75 Å². The van der Waals surface area contributed by atoms with Crippen molar-refractivity contribution in [3.63, 3.8) is 0 Å². The zero-order chi connectivity index (χ0) is 9.47. The van der Waals surface area contributed by atoms with Gasteiger partial charge in [-0.25, -0.2) is 4.79 Å². The van der Waals surface area contributed by atoms with Crippen LogP contribution in [-0.2, 0) is 0 Å². The van der Waals surface area contributed by atoms with Gasteiger partial charge in [0, 0.05) is 0 Å². The SMILES string of the molecule is C[N+]1([O-])COc2ccccc2C1=O. The third-order valence-corrected chi connectivity index (χ3v) is 2.01. The molecule has 1 aromatic rings. The maximum Gasteiger partial charge on any atom is 0.352 e. The lowest BCUT2D eigenvalue weighted by Crippen LogP contribution is -2.49. The van der Waals surface area contributed by atoms with E-state index in [-0.39, 0.29) is 6.73 Å². The number of nitrogens with zero attached hydrogens (tertiary/aromatic N) is 1. The van der Waals surface area contributed by atoms with E-state index in [1.165, 1.54) is 7.05 Å². The number of ether oxygens (including phenoxy) is 1. The molecule has 4 nitrogen and oxygen atoms in total. The molecule has 0 fully saturated rings. The van der Waals surface area contributed by atoms with Gasteiger partial charge in [-0.15, -0.1) is 0 Å². The van der Waals surface area contributed by atoms with Crippen LogP contribution in [0.3, 0.4) is 0 Å². The molecule has 0 bridgehead atoms. The molecule has 0 aliphatic carbocycles. The highest BCUT2D eigenvalue weighted by Gasteiger charge is 2.32. The minimum atomic E-state index is -0.989. The average molecular weight is 179 g/mol. The van der Waals surface area contributed by atoms with Crippen LogP contribution in [0.1, 0.15) is 10.4 Å². The van der Waals surface area contributed by atoms with Crippen LogP contribution >= 0.6 is 0 Å². The highest BCUT2D eigenvalue weighted by atomic mass is 16.6. The summed E-state index contributed by atoms with van der Waals surface area (Å²) < 4.78 is 4.16. The maximum atomic E-state index is 11.5. The van der Waals surface area contributed by atoms with Crippen LogP contribution in [0.2, 0.25) is 0 Å². The molecular formula is C9H9NO3. The van der Waals surface area contributed by atoms with Crippen molar-refractivity contribution in [1.82, 2.24) is 0 Å². The van der Waals surface area contributed by atoms with Gasteiger partial charge in [0.2, 0.25) is 6.73 Å². The monoisotopic (exact) mass is 179 g/mol. The lowest BCUT2D eigenvalue weighted by atomic mass is 10.1. The van der Waals surface area contributed by atoms with Gasteiger partial charge in [0.15, 0.2) is 0 Å². The van der Waals surface area contributed by atoms with E-state index < -0.39 is 10.6 Å². The van der Waals surface area contributed by atoms with Crippen LogP contribution in [-0.4, -0.2) is 24.3 Å². The van der Waals surface area contributed by atoms with Gasteiger partial charge in [-0.3, -0.25) is 4.65 Å². The lowest BCUT2D eigenvalue weighted by Gasteiger charge is -2.38. The summed E-state index contributed by atoms with van der Waals surface area (Å²) in [6.07, 6.45) is 0. The highest BCUT2D eigenvalue weighted by molar-refractivity contribution is 5.92. The van der Waals surface area contributed by atoms with Crippen molar-refractivity contribution < 1.29 is 14.2 Å². The van der Waals surface area contributed by atoms with E-state index in [1.54, 1.807) is 24.3 Å². The second kappa shape index (κ2) is 2.55. The van der Waals surface area contributed by atoms with Gasteiger partial charge < -0.3 is 9.94 Å². The van der Waals surface area contributed by atoms with E-state index in [4.69, 9.17) is 4.74 Å². The number of carbonyl (C=O) groups excluding carboxylic acids is 1. The average Bonchev–Trinajstić information content (AvgIpc) is 2.13. The number of carbonyl (C=O) groups is 1. The van der Waals surface area contributed by atoms with Gasteiger partial charge >= 0.3 is 5.91 Å². The zero-order valence-corrected chi connectivity index (χ0v) is 7.19. The summed E-state index contributed by atoms with van der Waals surface area (Å²) in [6, 6.07) is 6.77. The first kappa shape index (κ1) is 8.22. The van der Waals surface area contributed by atoms with Crippen molar-refractivity contribution >= 4 is 5.91 Å². The molecular weight excluding hydrogens is 170 g/mol. The molecule has 0 radical (unpaired) electrons. The first-order valence-corrected chi connectivity index (χ1v) is 3.94. The minimum absolute atomic E-state index is 0.143. The molecule has 0 saturated carbocycles. The standard InChI is InChI=1S/C9H9NO3/c1-10(12)6-13-8-5-3-2-4-7(8)9(10)11/h2-5H,6H2,1H3. The normalized spacial score (nSPS) is 26.5. The molecule has 68 valence electrons. The smallest absolute Gasteiger partial charge is 0.352 e. The fourth-order valence-corrected chi connectivity index (χ4v) is 1.28. The zero-order valence-electron chi connectivity index (χ0n) is 7.19. The van der Waals surface area contributed by atoms with Gasteiger partial charge in [0.05, 0.1) is 7.05 Å². The summed E-state index contributed by atoms with van der Waals surface area (Å²) in [4.78, 5) is 11.5. The van der Waals surface area contributed by atoms with Crippen LogP contribution in [0, 0.1) is 5.21 Å². The first-order chi connectivity index (χ1) is 6.11. The summed E-state index contributed by atoms with van der Waals surface area (Å²) in [5, 5.41) is 11.5. The molecule has 0 aromatic heterocycles. The minimum Gasteiger partial charge on any atom is -0.623 e. The lowest BCUT2D eigenvalue weighted by molar-refractivity contribution is -0.797. The topological polar surface area (TPSA) is 49.4 Å². The van der Waals surface area contributed by atoms with Crippen molar-refractivity contribution in [1.29, 1.82) is 0 Å². The second-order valence-corrected chi connectivity index (χ2v) is 3.18. The Kier molecular flexibility index (Phi) is 1.61. The molecule has 1 aromatic carbocycles. The quantitative estimate of drug-likeness (QED) is 0.443. The number of benzene rings is 1. The number of fused-ring (bicyclic) bond motifs is 1. The van der Waals surface area contributed by atoms with E-state index >= 15 is 0 Å². The van der Waals surface area contributed by atoms with E-state index in [0.717, 1.165) is 0 Å². The Labute approximate surface area is 75.5 Å².